The second-order valence-corrected chi connectivity index (χ2v) is 6.69. The second kappa shape index (κ2) is 7.48. The van der Waals surface area contributed by atoms with Gasteiger partial charge in [-0.15, -0.1) is 0 Å². The van der Waals surface area contributed by atoms with Crippen molar-refractivity contribution in [2.45, 2.75) is 13.5 Å². The Labute approximate surface area is 156 Å². The molecule has 0 unspecified atom stereocenters. The maximum atomic E-state index is 6.19. The van der Waals surface area contributed by atoms with Gasteiger partial charge >= 0.3 is 0 Å². The van der Waals surface area contributed by atoms with Crippen LogP contribution >= 0.6 is 34.8 Å². The van der Waals surface area contributed by atoms with Crippen molar-refractivity contribution >= 4 is 34.8 Å². The van der Waals surface area contributed by atoms with Crippen LogP contribution in [0.5, 0.6) is 5.75 Å². The van der Waals surface area contributed by atoms with Crippen molar-refractivity contribution in [2.75, 3.05) is 0 Å². The van der Waals surface area contributed by atoms with Crippen molar-refractivity contribution in [1.29, 1.82) is 0 Å². The van der Waals surface area contributed by atoms with E-state index in [1.165, 1.54) is 11.1 Å². The highest BCUT2D eigenvalue weighted by Crippen LogP contribution is 2.32. The van der Waals surface area contributed by atoms with Crippen LogP contribution in [0.4, 0.5) is 0 Å². The van der Waals surface area contributed by atoms with Crippen LogP contribution in [0.2, 0.25) is 15.1 Å². The number of aryl methyl sites for hydroxylation is 1. The summed E-state index contributed by atoms with van der Waals surface area (Å²) in [5.74, 6) is 0.748. The molecule has 1 nitrogen and oxygen atoms in total. The molecular formula is C20H15Cl3O. The lowest BCUT2D eigenvalue weighted by molar-refractivity contribution is 0.306. The van der Waals surface area contributed by atoms with Gasteiger partial charge in [-0.3, -0.25) is 0 Å². The summed E-state index contributed by atoms with van der Waals surface area (Å²) in [7, 11) is 0. The molecule has 0 saturated heterocycles. The lowest BCUT2D eigenvalue weighted by atomic mass is 10.0. The van der Waals surface area contributed by atoms with Crippen LogP contribution in [0.3, 0.4) is 0 Å². The Kier molecular flexibility index (Phi) is 5.35. The molecule has 0 saturated carbocycles. The summed E-state index contributed by atoms with van der Waals surface area (Å²) in [4.78, 5) is 0. The zero-order valence-electron chi connectivity index (χ0n) is 13.0. The Bertz CT molecular complexity index is 840. The summed E-state index contributed by atoms with van der Waals surface area (Å²) in [5, 5.41) is 1.44. The zero-order valence-corrected chi connectivity index (χ0v) is 15.3. The molecule has 0 heterocycles. The van der Waals surface area contributed by atoms with Crippen LogP contribution in [0.25, 0.3) is 11.1 Å². The van der Waals surface area contributed by atoms with Crippen molar-refractivity contribution in [1.82, 2.24) is 0 Å². The molecule has 0 fully saturated rings. The van der Waals surface area contributed by atoms with Gasteiger partial charge in [0.15, 0.2) is 0 Å². The molecule has 0 spiro atoms. The molecule has 3 aromatic rings. The van der Waals surface area contributed by atoms with E-state index in [9.17, 15) is 0 Å². The van der Waals surface area contributed by atoms with E-state index in [0.717, 1.165) is 11.3 Å². The quantitative estimate of drug-likeness (QED) is 0.437. The van der Waals surface area contributed by atoms with E-state index in [1.54, 1.807) is 12.1 Å². The maximum absolute atomic E-state index is 6.19. The fourth-order valence-electron chi connectivity index (χ4n) is 2.35. The van der Waals surface area contributed by atoms with E-state index in [4.69, 9.17) is 39.5 Å². The lowest BCUT2D eigenvalue weighted by Gasteiger charge is -2.11. The van der Waals surface area contributed by atoms with Crippen LogP contribution < -0.4 is 4.74 Å². The van der Waals surface area contributed by atoms with E-state index in [2.05, 4.69) is 31.2 Å². The molecule has 122 valence electrons. The van der Waals surface area contributed by atoms with Crippen molar-refractivity contribution in [3.8, 4) is 16.9 Å². The minimum atomic E-state index is 0.266. The van der Waals surface area contributed by atoms with Gasteiger partial charge in [-0.05, 0) is 42.3 Å². The number of halogens is 3. The average molecular weight is 378 g/mol. The molecule has 3 aromatic carbocycles. The Morgan fingerprint density at radius 2 is 1.25 bits per heavy atom. The van der Waals surface area contributed by atoms with Gasteiger partial charge < -0.3 is 4.74 Å². The van der Waals surface area contributed by atoms with E-state index in [0.29, 0.717) is 20.6 Å². The molecule has 0 atom stereocenters. The highest BCUT2D eigenvalue weighted by atomic mass is 35.5. The summed E-state index contributed by atoms with van der Waals surface area (Å²) in [5.41, 5.74) is 4.25. The molecule has 0 N–H and O–H groups in total. The van der Waals surface area contributed by atoms with Gasteiger partial charge in [0.2, 0.25) is 0 Å². The highest BCUT2D eigenvalue weighted by molar-refractivity contribution is 6.44. The van der Waals surface area contributed by atoms with Crippen LogP contribution in [0.1, 0.15) is 11.1 Å². The first-order valence-corrected chi connectivity index (χ1v) is 8.60. The Morgan fingerprint density at radius 1 is 0.708 bits per heavy atom. The average Bonchev–Trinajstić information content (AvgIpc) is 2.60. The number of benzene rings is 3. The molecule has 4 heteroatoms. The van der Waals surface area contributed by atoms with Gasteiger partial charge in [0, 0.05) is 10.6 Å². The van der Waals surface area contributed by atoms with E-state index >= 15 is 0 Å². The van der Waals surface area contributed by atoms with Gasteiger partial charge in [0.25, 0.3) is 0 Å². The minimum Gasteiger partial charge on any atom is -0.489 e. The first kappa shape index (κ1) is 17.2. The van der Waals surface area contributed by atoms with Gasteiger partial charge in [0.1, 0.15) is 12.4 Å². The van der Waals surface area contributed by atoms with Crippen molar-refractivity contribution < 1.29 is 4.74 Å². The summed E-state index contributed by atoms with van der Waals surface area (Å²) in [6.45, 7) is 2.34. The first-order valence-electron chi connectivity index (χ1n) is 7.47. The normalized spacial score (nSPS) is 10.7. The van der Waals surface area contributed by atoms with Gasteiger partial charge in [0.05, 0.1) is 10.0 Å². The number of rotatable bonds is 4. The molecule has 0 aliphatic rings. The molecule has 24 heavy (non-hydrogen) atoms. The highest BCUT2D eigenvalue weighted by Gasteiger charge is 2.10. The minimum absolute atomic E-state index is 0.266. The summed E-state index contributed by atoms with van der Waals surface area (Å²) in [6, 6.07) is 19.7. The number of hydrogen-bond acceptors (Lipinski definition) is 1. The van der Waals surface area contributed by atoms with Gasteiger partial charge in [-0.2, -0.15) is 0 Å². The fourth-order valence-corrected chi connectivity index (χ4v) is 3.00. The lowest BCUT2D eigenvalue weighted by Crippen LogP contribution is -1.97. The number of hydrogen-bond donors (Lipinski definition) is 0. The van der Waals surface area contributed by atoms with Crippen LogP contribution in [-0.2, 0) is 6.61 Å². The van der Waals surface area contributed by atoms with Crippen LogP contribution in [0.15, 0.2) is 60.7 Å². The van der Waals surface area contributed by atoms with Crippen molar-refractivity contribution in [3.63, 3.8) is 0 Å². The van der Waals surface area contributed by atoms with Gasteiger partial charge in [-0.25, -0.2) is 0 Å². The van der Waals surface area contributed by atoms with Crippen molar-refractivity contribution in [3.05, 3.63) is 86.9 Å². The number of ether oxygens (including phenoxy) is 1. The molecule has 0 aliphatic carbocycles. The largest absolute Gasteiger partial charge is 0.489 e. The standard InChI is InChI=1S/C20H15Cl3O/c1-13-2-4-14(5-3-13)15-6-8-16(9-7-15)24-12-17-18(21)10-11-19(22)20(17)23/h2-11H,12H2,1H3. The monoisotopic (exact) mass is 376 g/mol. The molecule has 0 bridgehead atoms. The Balaban J connectivity index is 1.73. The fraction of sp³-hybridized carbons (Fsp3) is 0.100. The van der Waals surface area contributed by atoms with E-state index < -0.39 is 0 Å². The smallest absolute Gasteiger partial charge is 0.119 e. The Morgan fingerprint density at radius 3 is 1.88 bits per heavy atom. The third-order valence-corrected chi connectivity index (χ3v) is 4.96. The maximum Gasteiger partial charge on any atom is 0.119 e. The van der Waals surface area contributed by atoms with Gasteiger partial charge in [-0.1, -0.05) is 76.8 Å². The van der Waals surface area contributed by atoms with E-state index in [1.807, 2.05) is 24.3 Å². The molecule has 3 rings (SSSR count). The van der Waals surface area contributed by atoms with E-state index in [-0.39, 0.29) is 6.61 Å². The predicted octanol–water partition coefficient (Wildman–Crippen LogP) is 7.20. The third kappa shape index (κ3) is 3.87. The Hall–Kier alpha value is -1.67. The SMILES string of the molecule is Cc1ccc(-c2ccc(OCc3c(Cl)ccc(Cl)c3Cl)cc2)cc1. The molecule has 0 radical (unpaired) electrons. The molecule has 0 aromatic heterocycles. The zero-order chi connectivity index (χ0) is 17.1. The topological polar surface area (TPSA) is 9.23 Å². The second-order valence-electron chi connectivity index (χ2n) is 5.50. The molecule has 0 amide bonds. The van der Waals surface area contributed by atoms with Crippen LogP contribution in [-0.4, -0.2) is 0 Å². The van der Waals surface area contributed by atoms with Crippen LogP contribution in [0, 0.1) is 6.92 Å². The first-order chi connectivity index (χ1) is 11.5. The summed E-state index contributed by atoms with van der Waals surface area (Å²) < 4.78 is 5.79. The molecular weight excluding hydrogens is 363 g/mol. The van der Waals surface area contributed by atoms with Crippen molar-refractivity contribution in [2.24, 2.45) is 0 Å². The third-order valence-electron chi connectivity index (χ3n) is 3.76. The molecule has 0 aliphatic heterocycles. The summed E-state index contributed by atoms with van der Waals surface area (Å²) in [6.07, 6.45) is 0. The summed E-state index contributed by atoms with van der Waals surface area (Å²) >= 11 is 18.4. The predicted molar refractivity (Wildman–Crippen MR) is 102 cm³/mol.